The van der Waals surface area contributed by atoms with Gasteiger partial charge in [0.1, 0.15) is 6.04 Å². The minimum Gasteiger partial charge on any atom is -0.338 e. The number of nitrogens with one attached hydrogen (secondary N) is 1. The van der Waals surface area contributed by atoms with Gasteiger partial charge < -0.3 is 15.1 Å². The maximum absolute atomic E-state index is 13.5. The Hall–Kier alpha value is -2.77. The van der Waals surface area contributed by atoms with Crippen LogP contribution in [0.4, 0.5) is 0 Å². The van der Waals surface area contributed by atoms with Crippen LogP contribution in [0.3, 0.4) is 0 Å². The summed E-state index contributed by atoms with van der Waals surface area (Å²) in [5.41, 5.74) is 1.83. The summed E-state index contributed by atoms with van der Waals surface area (Å²) in [6.07, 6.45) is 6.34. The molecule has 3 heterocycles. The van der Waals surface area contributed by atoms with E-state index in [9.17, 15) is 9.59 Å². The highest BCUT2D eigenvalue weighted by Crippen LogP contribution is 2.35. The van der Waals surface area contributed by atoms with Crippen LogP contribution < -0.4 is 5.32 Å². The SMILES string of the molecule is O=C(C1CC(N(Cc2ccccc2)C2CC2)CN1C(=O)c1cccnc1)N1CCNCC1. The summed E-state index contributed by atoms with van der Waals surface area (Å²) in [6, 6.07) is 14.4. The first-order valence-corrected chi connectivity index (χ1v) is 11.7. The van der Waals surface area contributed by atoms with Crippen molar-refractivity contribution in [3.05, 3.63) is 66.0 Å². The third-order valence-corrected chi connectivity index (χ3v) is 6.85. The smallest absolute Gasteiger partial charge is 0.256 e. The van der Waals surface area contributed by atoms with Crippen molar-refractivity contribution in [3.63, 3.8) is 0 Å². The first kappa shape index (κ1) is 21.1. The topological polar surface area (TPSA) is 68.8 Å². The molecule has 7 nitrogen and oxygen atoms in total. The molecule has 2 unspecified atom stereocenters. The van der Waals surface area contributed by atoms with Crippen LogP contribution in [0.2, 0.25) is 0 Å². The number of carbonyl (C=O) groups excluding carboxylic acids is 2. The lowest BCUT2D eigenvalue weighted by Gasteiger charge is -2.32. The second-order valence-corrected chi connectivity index (χ2v) is 9.07. The Labute approximate surface area is 189 Å². The Morgan fingerprint density at radius 3 is 2.50 bits per heavy atom. The number of hydrogen-bond donors (Lipinski definition) is 1. The second-order valence-electron chi connectivity index (χ2n) is 9.07. The maximum Gasteiger partial charge on any atom is 0.256 e. The molecule has 2 aromatic rings. The molecule has 2 atom stereocenters. The van der Waals surface area contributed by atoms with E-state index in [1.165, 1.54) is 18.4 Å². The molecule has 2 saturated heterocycles. The number of amides is 2. The molecule has 0 radical (unpaired) electrons. The largest absolute Gasteiger partial charge is 0.338 e. The van der Waals surface area contributed by atoms with E-state index in [1.807, 2.05) is 15.9 Å². The molecule has 168 valence electrons. The Morgan fingerprint density at radius 2 is 1.81 bits per heavy atom. The van der Waals surface area contributed by atoms with Crippen LogP contribution in [-0.4, -0.2) is 82.3 Å². The van der Waals surface area contributed by atoms with Gasteiger partial charge in [0.05, 0.1) is 5.56 Å². The van der Waals surface area contributed by atoms with E-state index < -0.39 is 6.04 Å². The predicted octanol–water partition coefficient (Wildman–Crippen LogP) is 1.76. The number of aromatic nitrogens is 1. The van der Waals surface area contributed by atoms with Gasteiger partial charge in [-0.1, -0.05) is 30.3 Å². The summed E-state index contributed by atoms with van der Waals surface area (Å²) in [4.78, 5) is 37.4. The number of likely N-dealkylation sites (tertiary alicyclic amines) is 1. The van der Waals surface area contributed by atoms with Gasteiger partial charge in [-0.05, 0) is 37.0 Å². The first-order valence-electron chi connectivity index (χ1n) is 11.7. The van der Waals surface area contributed by atoms with Crippen molar-refractivity contribution < 1.29 is 9.59 Å². The van der Waals surface area contributed by atoms with Crippen molar-refractivity contribution in [1.29, 1.82) is 0 Å². The zero-order chi connectivity index (χ0) is 21.9. The molecule has 1 aromatic carbocycles. The molecule has 7 heteroatoms. The Bertz CT molecular complexity index is 928. The van der Waals surface area contributed by atoms with Gasteiger partial charge in [0.25, 0.3) is 5.91 Å². The van der Waals surface area contributed by atoms with Crippen molar-refractivity contribution in [2.75, 3.05) is 32.7 Å². The van der Waals surface area contributed by atoms with Crippen molar-refractivity contribution in [1.82, 2.24) is 25.0 Å². The monoisotopic (exact) mass is 433 g/mol. The normalized spacial score (nSPS) is 23.5. The lowest BCUT2D eigenvalue weighted by Crippen LogP contribution is -2.53. The number of piperazine rings is 1. The predicted molar refractivity (Wildman–Crippen MR) is 122 cm³/mol. The quantitative estimate of drug-likeness (QED) is 0.752. The minimum atomic E-state index is -0.414. The Morgan fingerprint density at radius 1 is 1.03 bits per heavy atom. The van der Waals surface area contributed by atoms with Gasteiger partial charge >= 0.3 is 0 Å². The minimum absolute atomic E-state index is 0.0849. The van der Waals surface area contributed by atoms with E-state index in [1.54, 1.807) is 24.5 Å². The molecule has 1 N–H and O–H groups in total. The average Bonchev–Trinajstić information content (AvgIpc) is 3.61. The molecular formula is C25H31N5O2. The molecule has 32 heavy (non-hydrogen) atoms. The van der Waals surface area contributed by atoms with Crippen molar-refractivity contribution in [3.8, 4) is 0 Å². The standard InChI is InChI=1S/C25H31N5O2/c31-24(20-7-4-10-27-16-20)30-18-22(15-23(30)25(32)28-13-11-26-12-14-28)29(21-8-9-21)17-19-5-2-1-3-6-19/h1-7,10,16,21-23,26H,8-9,11-15,17-18H2. The lowest BCUT2D eigenvalue weighted by atomic mass is 10.1. The van der Waals surface area contributed by atoms with Gasteiger partial charge in [-0.15, -0.1) is 0 Å². The number of carbonyl (C=O) groups is 2. The molecule has 0 spiro atoms. The van der Waals surface area contributed by atoms with Gasteiger partial charge in [-0.25, -0.2) is 0 Å². The van der Waals surface area contributed by atoms with E-state index in [0.29, 0.717) is 37.7 Å². The van der Waals surface area contributed by atoms with Crippen LogP contribution >= 0.6 is 0 Å². The maximum atomic E-state index is 13.5. The van der Waals surface area contributed by atoms with Gasteiger partial charge in [0, 0.05) is 63.7 Å². The van der Waals surface area contributed by atoms with Gasteiger partial charge in [-0.2, -0.15) is 0 Å². The summed E-state index contributed by atoms with van der Waals surface area (Å²) in [5, 5.41) is 3.31. The molecule has 5 rings (SSSR count). The van der Waals surface area contributed by atoms with E-state index in [0.717, 1.165) is 19.6 Å². The molecular weight excluding hydrogens is 402 g/mol. The highest BCUT2D eigenvalue weighted by molar-refractivity contribution is 5.97. The van der Waals surface area contributed by atoms with Gasteiger partial charge in [-0.3, -0.25) is 19.5 Å². The highest BCUT2D eigenvalue weighted by Gasteiger charge is 2.46. The molecule has 1 saturated carbocycles. The molecule has 1 aliphatic carbocycles. The third-order valence-electron chi connectivity index (χ3n) is 6.85. The van der Waals surface area contributed by atoms with Crippen molar-refractivity contribution >= 4 is 11.8 Å². The highest BCUT2D eigenvalue weighted by atomic mass is 16.2. The van der Waals surface area contributed by atoms with Crippen LogP contribution in [-0.2, 0) is 11.3 Å². The number of benzene rings is 1. The zero-order valence-electron chi connectivity index (χ0n) is 18.4. The van der Waals surface area contributed by atoms with E-state index in [2.05, 4.69) is 39.5 Å². The van der Waals surface area contributed by atoms with Gasteiger partial charge in [0.15, 0.2) is 0 Å². The molecule has 3 aliphatic rings. The summed E-state index contributed by atoms with van der Waals surface area (Å²) in [5.74, 6) is -0.00811. The molecule has 2 aliphatic heterocycles. The van der Waals surface area contributed by atoms with E-state index in [-0.39, 0.29) is 17.9 Å². The van der Waals surface area contributed by atoms with Crippen LogP contribution in [0.1, 0.15) is 35.2 Å². The number of nitrogens with zero attached hydrogens (tertiary/aromatic N) is 4. The Kier molecular flexibility index (Phi) is 6.19. The van der Waals surface area contributed by atoms with E-state index in [4.69, 9.17) is 0 Å². The Balaban J connectivity index is 1.39. The second kappa shape index (κ2) is 9.38. The number of pyridine rings is 1. The van der Waals surface area contributed by atoms with Crippen LogP contribution in [0.5, 0.6) is 0 Å². The zero-order valence-corrected chi connectivity index (χ0v) is 18.4. The number of rotatable bonds is 6. The fourth-order valence-corrected chi connectivity index (χ4v) is 5.02. The average molecular weight is 434 g/mol. The molecule has 1 aromatic heterocycles. The summed E-state index contributed by atoms with van der Waals surface area (Å²) >= 11 is 0. The van der Waals surface area contributed by atoms with Crippen LogP contribution in [0.25, 0.3) is 0 Å². The van der Waals surface area contributed by atoms with Crippen molar-refractivity contribution in [2.45, 2.75) is 43.9 Å². The van der Waals surface area contributed by atoms with Crippen LogP contribution in [0, 0.1) is 0 Å². The molecule has 3 fully saturated rings. The summed E-state index contributed by atoms with van der Waals surface area (Å²) in [6.45, 7) is 4.46. The first-order chi connectivity index (χ1) is 15.7. The lowest BCUT2D eigenvalue weighted by molar-refractivity contribution is -0.135. The van der Waals surface area contributed by atoms with Gasteiger partial charge in [0.2, 0.25) is 5.91 Å². The summed E-state index contributed by atoms with van der Waals surface area (Å²) < 4.78 is 0. The van der Waals surface area contributed by atoms with Crippen molar-refractivity contribution in [2.24, 2.45) is 0 Å². The van der Waals surface area contributed by atoms with E-state index >= 15 is 0 Å². The number of hydrogen-bond acceptors (Lipinski definition) is 5. The fraction of sp³-hybridized carbons (Fsp3) is 0.480. The van der Waals surface area contributed by atoms with Crippen LogP contribution in [0.15, 0.2) is 54.9 Å². The fourth-order valence-electron chi connectivity index (χ4n) is 5.02. The third kappa shape index (κ3) is 4.54. The molecule has 0 bridgehead atoms. The summed E-state index contributed by atoms with van der Waals surface area (Å²) in [7, 11) is 0. The molecule has 2 amide bonds.